The van der Waals surface area contributed by atoms with Gasteiger partial charge in [0.05, 0.1) is 6.61 Å². The fraction of sp³-hybridized carbons (Fsp3) is 1.00. The van der Waals surface area contributed by atoms with Crippen molar-refractivity contribution in [3.8, 4) is 0 Å². The number of ether oxygens (including phenoxy) is 1. The van der Waals surface area contributed by atoms with E-state index in [1.165, 1.54) is 45.1 Å². The number of hydrogen-bond acceptors (Lipinski definition) is 2. The van der Waals surface area contributed by atoms with E-state index in [4.69, 9.17) is 4.74 Å². The van der Waals surface area contributed by atoms with Crippen molar-refractivity contribution in [1.82, 2.24) is 5.32 Å². The van der Waals surface area contributed by atoms with E-state index >= 15 is 0 Å². The normalized spacial score (nSPS) is 40.1. The average Bonchev–Trinajstić information content (AvgIpc) is 2.75. The zero-order chi connectivity index (χ0) is 11.4. The first kappa shape index (κ1) is 12.4. The third-order valence-corrected chi connectivity index (χ3v) is 4.51. The summed E-state index contributed by atoms with van der Waals surface area (Å²) in [5, 5.41) is 3.75. The van der Waals surface area contributed by atoms with Gasteiger partial charge in [-0.15, -0.1) is 0 Å². The molecule has 1 N–H and O–H groups in total. The maximum absolute atomic E-state index is 5.48. The molecule has 2 heteroatoms. The molecular formula is C14H27NO. The maximum atomic E-state index is 5.48. The summed E-state index contributed by atoms with van der Waals surface area (Å²) < 4.78 is 5.48. The lowest BCUT2D eigenvalue weighted by molar-refractivity contribution is 0.164. The highest BCUT2D eigenvalue weighted by Gasteiger charge is 2.30. The number of nitrogens with one attached hydrogen (secondary N) is 1. The van der Waals surface area contributed by atoms with Crippen molar-refractivity contribution in [2.45, 2.75) is 57.9 Å². The number of hydrogen-bond donors (Lipinski definition) is 1. The third kappa shape index (κ3) is 3.21. The molecule has 2 aliphatic rings. The fourth-order valence-electron chi connectivity index (χ4n) is 3.16. The molecule has 0 spiro atoms. The van der Waals surface area contributed by atoms with E-state index < -0.39 is 0 Å². The van der Waals surface area contributed by atoms with Crippen LogP contribution in [0.5, 0.6) is 0 Å². The van der Waals surface area contributed by atoms with E-state index in [9.17, 15) is 0 Å². The molecule has 2 fully saturated rings. The lowest BCUT2D eigenvalue weighted by atomic mass is 9.80. The molecule has 0 radical (unpaired) electrons. The maximum Gasteiger partial charge on any atom is 0.0646 e. The quantitative estimate of drug-likeness (QED) is 0.794. The van der Waals surface area contributed by atoms with Crippen LogP contribution < -0.4 is 5.32 Å². The summed E-state index contributed by atoms with van der Waals surface area (Å²) in [6, 6.07) is 0. The van der Waals surface area contributed by atoms with Gasteiger partial charge in [-0.2, -0.15) is 0 Å². The molecule has 0 aromatic heterocycles. The summed E-state index contributed by atoms with van der Waals surface area (Å²) in [4.78, 5) is 0. The van der Waals surface area contributed by atoms with Gasteiger partial charge in [0.25, 0.3) is 0 Å². The first-order chi connectivity index (χ1) is 7.72. The second kappa shape index (κ2) is 5.50. The Labute approximate surface area is 100 Å². The predicted octanol–water partition coefficient (Wildman–Crippen LogP) is 2.97. The first-order valence-electron chi connectivity index (χ1n) is 7.04. The van der Waals surface area contributed by atoms with Gasteiger partial charge >= 0.3 is 0 Å². The molecule has 16 heavy (non-hydrogen) atoms. The van der Waals surface area contributed by atoms with Crippen molar-refractivity contribution in [3.05, 3.63) is 0 Å². The molecule has 1 saturated heterocycles. The van der Waals surface area contributed by atoms with E-state index in [2.05, 4.69) is 19.2 Å². The van der Waals surface area contributed by atoms with Crippen LogP contribution in [0.15, 0.2) is 0 Å². The minimum absolute atomic E-state index is 0.263. The van der Waals surface area contributed by atoms with E-state index in [1.807, 2.05) is 0 Å². The first-order valence-corrected chi connectivity index (χ1v) is 7.04. The molecule has 1 saturated carbocycles. The van der Waals surface area contributed by atoms with Gasteiger partial charge in [0, 0.05) is 12.1 Å². The Morgan fingerprint density at radius 3 is 2.81 bits per heavy atom. The highest BCUT2D eigenvalue weighted by Crippen LogP contribution is 2.31. The standard InChI is InChI=1S/C14H27NO/c1-3-12-5-4-6-13(9-12)10-15-14(2)7-8-16-11-14/h12-13,15H,3-11H2,1-2H3. The van der Waals surface area contributed by atoms with Gasteiger partial charge in [-0.3, -0.25) is 0 Å². The second-order valence-electron chi connectivity index (χ2n) is 6.05. The van der Waals surface area contributed by atoms with Gasteiger partial charge in [-0.25, -0.2) is 0 Å². The zero-order valence-corrected chi connectivity index (χ0v) is 10.9. The molecule has 0 aromatic rings. The smallest absolute Gasteiger partial charge is 0.0646 e. The minimum atomic E-state index is 0.263. The van der Waals surface area contributed by atoms with Crippen molar-refractivity contribution in [1.29, 1.82) is 0 Å². The Kier molecular flexibility index (Phi) is 4.26. The van der Waals surface area contributed by atoms with Crippen LogP contribution in [0, 0.1) is 11.8 Å². The largest absolute Gasteiger partial charge is 0.379 e. The summed E-state index contributed by atoms with van der Waals surface area (Å²) >= 11 is 0. The average molecular weight is 225 g/mol. The van der Waals surface area contributed by atoms with Gasteiger partial charge in [-0.1, -0.05) is 26.2 Å². The number of rotatable bonds is 4. The van der Waals surface area contributed by atoms with Gasteiger partial charge in [0.2, 0.25) is 0 Å². The van der Waals surface area contributed by atoms with Crippen LogP contribution in [0.1, 0.15) is 52.4 Å². The zero-order valence-electron chi connectivity index (χ0n) is 10.9. The molecule has 3 unspecified atom stereocenters. The van der Waals surface area contributed by atoms with Gasteiger partial charge < -0.3 is 10.1 Å². The summed E-state index contributed by atoms with van der Waals surface area (Å²) in [7, 11) is 0. The summed E-state index contributed by atoms with van der Waals surface area (Å²) in [6.45, 7) is 7.69. The monoisotopic (exact) mass is 225 g/mol. The highest BCUT2D eigenvalue weighted by atomic mass is 16.5. The fourth-order valence-corrected chi connectivity index (χ4v) is 3.16. The summed E-state index contributed by atoms with van der Waals surface area (Å²) in [5.41, 5.74) is 0.263. The van der Waals surface area contributed by atoms with Crippen molar-refractivity contribution in [3.63, 3.8) is 0 Å². The second-order valence-corrected chi connectivity index (χ2v) is 6.05. The van der Waals surface area contributed by atoms with Crippen LogP contribution in [0.4, 0.5) is 0 Å². The Hall–Kier alpha value is -0.0800. The van der Waals surface area contributed by atoms with Crippen molar-refractivity contribution in [2.75, 3.05) is 19.8 Å². The van der Waals surface area contributed by atoms with Crippen LogP contribution in [0.3, 0.4) is 0 Å². The van der Waals surface area contributed by atoms with Crippen LogP contribution in [-0.2, 0) is 4.74 Å². The minimum Gasteiger partial charge on any atom is -0.379 e. The molecule has 1 aliphatic carbocycles. The predicted molar refractivity (Wildman–Crippen MR) is 67.6 cm³/mol. The lowest BCUT2D eigenvalue weighted by Crippen LogP contribution is -2.45. The highest BCUT2D eigenvalue weighted by molar-refractivity contribution is 4.88. The Morgan fingerprint density at radius 2 is 2.12 bits per heavy atom. The lowest BCUT2D eigenvalue weighted by Gasteiger charge is -2.32. The molecular weight excluding hydrogens is 198 g/mol. The van der Waals surface area contributed by atoms with E-state index in [-0.39, 0.29) is 5.54 Å². The van der Waals surface area contributed by atoms with E-state index in [0.29, 0.717) is 0 Å². The van der Waals surface area contributed by atoms with Gasteiger partial charge in [-0.05, 0) is 44.6 Å². The van der Waals surface area contributed by atoms with Crippen molar-refractivity contribution in [2.24, 2.45) is 11.8 Å². The summed E-state index contributed by atoms with van der Waals surface area (Å²) in [6.07, 6.45) is 8.33. The van der Waals surface area contributed by atoms with Crippen LogP contribution in [0.2, 0.25) is 0 Å². The molecule has 0 bridgehead atoms. The van der Waals surface area contributed by atoms with Crippen LogP contribution in [-0.4, -0.2) is 25.3 Å². The molecule has 1 heterocycles. The van der Waals surface area contributed by atoms with Gasteiger partial charge in [0.15, 0.2) is 0 Å². The molecule has 3 atom stereocenters. The molecule has 0 aromatic carbocycles. The van der Waals surface area contributed by atoms with Gasteiger partial charge in [0.1, 0.15) is 0 Å². The molecule has 2 rings (SSSR count). The molecule has 94 valence electrons. The summed E-state index contributed by atoms with van der Waals surface area (Å²) in [5.74, 6) is 1.91. The van der Waals surface area contributed by atoms with Crippen LogP contribution in [0.25, 0.3) is 0 Å². The SMILES string of the molecule is CCC1CCCC(CNC2(C)CCOC2)C1. The molecule has 0 amide bonds. The molecule has 1 aliphatic heterocycles. The Balaban J connectivity index is 1.72. The van der Waals surface area contributed by atoms with E-state index in [0.717, 1.165) is 25.0 Å². The van der Waals surface area contributed by atoms with Crippen molar-refractivity contribution < 1.29 is 4.74 Å². The topological polar surface area (TPSA) is 21.3 Å². The Bertz CT molecular complexity index is 211. The Morgan fingerprint density at radius 1 is 1.31 bits per heavy atom. The third-order valence-electron chi connectivity index (χ3n) is 4.51. The van der Waals surface area contributed by atoms with E-state index in [1.54, 1.807) is 0 Å². The molecule has 2 nitrogen and oxygen atoms in total. The van der Waals surface area contributed by atoms with Crippen molar-refractivity contribution >= 4 is 0 Å². The van der Waals surface area contributed by atoms with Crippen LogP contribution >= 0.6 is 0 Å².